The number of aromatic carboxylic acids is 1. The van der Waals surface area contributed by atoms with Crippen molar-refractivity contribution in [3.05, 3.63) is 52.0 Å². The van der Waals surface area contributed by atoms with Gasteiger partial charge in [0.25, 0.3) is 5.91 Å². The summed E-state index contributed by atoms with van der Waals surface area (Å²) in [6.07, 6.45) is 0. The number of rotatable bonds is 5. The number of aromatic hydroxyl groups is 1. The molecule has 0 bridgehead atoms. The molecule has 120 valence electrons. The van der Waals surface area contributed by atoms with Crippen LogP contribution < -0.4 is 10.1 Å². The molecule has 0 aromatic heterocycles. The second-order valence-electron chi connectivity index (χ2n) is 4.42. The summed E-state index contributed by atoms with van der Waals surface area (Å²) >= 11 is 11.8. The fourth-order valence-electron chi connectivity index (χ4n) is 1.74. The number of benzene rings is 2. The summed E-state index contributed by atoms with van der Waals surface area (Å²) in [6.45, 7) is -0.389. The van der Waals surface area contributed by atoms with Gasteiger partial charge >= 0.3 is 5.97 Å². The van der Waals surface area contributed by atoms with E-state index in [0.717, 1.165) is 6.07 Å². The fourth-order valence-corrected chi connectivity index (χ4v) is 2.09. The Labute approximate surface area is 141 Å². The summed E-state index contributed by atoms with van der Waals surface area (Å²) in [5.41, 5.74) is -0.194. The van der Waals surface area contributed by atoms with Crippen LogP contribution in [0.3, 0.4) is 0 Å². The van der Waals surface area contributed by atoms with Crippen LogP contribution in [0.25, 0.3) is 0 Å². The van der Waals surface area contributed by atoms with Gasteiger partial charge in [-0.25, -0.2) is 4.79 Å². The minimum absolute atomic E-state index is 0.0427. The average Bonchev–Trinajstić information content (AvgIpc) is 2.50. The van der Waals surface area contributed by atoms with Gasteiger partial charge in [0.15, 0.2) is 6.61 Å². The first-order valence-corrected chi connectivity index (χ1v) is 7.07. The number of amides is 1. The molecule has 2 rings (SSSR count). The molecular formula is C15H11Cl2NO5. The molecule has 0 saturated heterocycles. The van der Waals surface area contributed by atoms with Crippen LogP contribution in [0.1, 0.15) is 10.4 Å². The lowest BCUT2D eigenvalue weighted by Gasteiger charge is -2.11. The molecule has 0 unspecified atom stereocenters. The zero-order valence-corrected chi connectivity index (χ0v) is 13.1. The number of carboxylic acid groups (broad SMARTS) is 1. The first-order chi connectivity index (χ1) is 10.9. The second-order valence-corrected chi connectivity index (χ2v) is 5.21. The Balaban J connectivity index is 2.06. The molecule has 0 aliphatic rings. The zero-order valence-electron chi connectivity index (χ0n) is 11.5. The summed E-state index contributed by atoms with van der Waals surface area (Å²) in [5, 5.41) is 21.2. The molecule has 0 fully saturated rings. The molecule has 23 heavy (non-hydrogen) atoms. The molecule has 3 N–H and O–H groups in total. The van der Waals surface area contributed by atoms with E-state index in [1.54, 1.807) is 18.2 Å². The third-order valence-electron chi connectivity index (χ3n) is 2.78. The molecule has 2 aromatic rings. The summed E-state index contributed by atoms with van der Waals surface area (Å²) in [5.74, 6) is -1.86. The van der Waals surface area contributed by atoms with E-state index < -0.39 is 11.9 Å². The van der Waals surface area contributed by atoms with Gasteiger partial charge in [0.1, 0.15) is 16.5 Å². The predicted molar refractivity (Wildman–Crippen MR) is 85.7 cm³/mol. The quantitative estimate of drug-likeness (QED) is 0.714. The van der Waals surface area contributed by atoms with Crippen LogP contribution in [0.2, 0.25) is 10.0 Å². The van der Waals surface area contributed by atoms with E-state index in [0.29, 0.717) is 0 Å². The Morgan fingerprint density at radius 2 is 1.91 bits per heavy atom. The van der Waals surface area contributed by atoms with Gasteiger partial charge in [-0.05, 0) is 30.3 Å². The number of hydrogen-bond acceptors (Lipinski definition) is 4. The number of anilines is 1. The number of nitrogens with one attached hydrogen (secondary N) is 1. The molecule has 0 aliphatic heterocycles. The summed E-state index contributed by atoms with van der Waals surface area (Å²) in [6, 6.07) is 8.31. The predicted octanol–water partition coefficient (Wildman–Crippen LogP) is 3.41. The summed E-state index contributed by atoms with van der Waals surface area (Å²) in [7, 11) is 0. The van der Waals surface area contributed by atoms with Crippen molar-refractivity contribution in [1.82, 2.24) is 0 Å². The van der Waals surface area contributed by atoms with Gasteiger partial charge in [-0.3, -0.25) is 4.79 Å². The number of carbonyl (C=O) groups excluding carboxylic acids is 1. The maximum atomic E-state index is 11.9. The first kappa shape index (κ1) is 16.9. The molecule has 0 heterocycles. The standard InChI is InChI=1S/C15H11Cl2NO5/c16-10-2-1-3-12(14(10)17)23-7-13(20)18-11-5-4-8(19)6-9(11)15(21)22/h1-6,19H,7H2,(H,18,20)(H,21,22). The molecule has 0 radical (unpaired) electrons. The van der Waals surface area contributed by atoms with E-state index in [1.807, 2.05) is 0 Å². The van der Waals surface area contributed by atoms with Crippen LogP contribution >= 0.6 is 23.2 Å². The van der Waals surface area contributed by atoms with Crippen LogP contribution in [0.15, 0.2) is 36.4 Å². The van der Waals surface area contributed by atoms with Gasteiger partial charge in [0, 0.05) is 0 Å². The average molecular weight is 356 g/mol. The van der Waals surface area contributed by atoms with E-state index >= 15 is 0 Å². The monoisotopic (exact) mass is 355 g/mol. The molecule has 6 nitrogen and oxygen atoms in total. The maximum Gasteiger partial charge on any atom is 0.337 e. The smallest absolute Gasteiger partial charge is 0.337 e. The van der Waals surface area contributed by atoms with E-state index in [2.05, 4.69) is 5.32 Å². The van der Waals surface area contributed by atoms with Gasteiger partial charge in [0.05, 0.1) is 16.3 Å². The minimum atomic E-state index is -1.28. The van der Waals surface area contributed by atoms with Crippen LogP contribution in [-0.2, 0) is 4.79 Å². The Hall–Kier alpha value is -2.44. The Morgan fingerprint density at radius 1 is 1.17 bits per heavy atom. The molecule has 0 saturated carbocycles. The molecule has 0 atom stereocenters. The van der Waals surface area contributed by atoms with Crippen LogP contribution in [0, 0.1) is 0 Å². The number of halogens is 2. The molecule has 1 amide bonds. The largest absolute Gasteiger partial charge is 0.508 e. The SMILES string of the molecule is O=C(COc1cccc(Cl)c1Cl)Nc1ccc(O)cc1C(=O)O. The maximum absolute atomic E-state index is 11.9. The number of ether oxygens (including phenoxy) is 1. The van der Waals surface area contributed by atoms with E-state index in [1.165, 1.54) is 12.1 Å². The molecule has 0 spiro atoms. The topological polar surface area (TPSA) is 95.9 Å². The van der Waals surface area contributed by atoms with Crippen molar-refractivity contribution in [3.8, 4) is 11.5 Å². The third kappa shape index (κ3) is 4.28. The van der Waals surface area contributed by atoms with Crippen molar-refractivity contribution in [2.75, 3.05) is 11.9 Å². The number of phenolic OH excluding ortho intramolecular Hbond substituents is 1. The number of phenols is 1. The summed E-state index contributed by atoms with van der Waals surface area (Å²) in [4.78, 5) is 23.0. The van der Waals surface area contributed by atoms with Crippen LogP contribution in [0.4, 0.5) is 5.69 Å². The Kier molecular flexibility index (Phi) is 5.31. The minimum Gasteiger partial charge on any atom is -0.508 e. The van der Waals surface area contributed by atoms with Gasteiger partial charge in [-0.2, -0.15) is 0 Å². The van der Waals surface area contributed by atoms with Crippen molar-refractivity contribution < 1.29 is 24.5 Å². The lowest BCUT2D eigenvalue weighted by atomic mass is 10.1. The fraction of sp³-hybridized carbons (Fsp3) is 0.0667. The molecular weight excluding hydrogens is 345 g/mol. The summed E-state index contributed by atoms with van der Waals surface area (Å²) < 4.78 is 5.25. The normalized spacial score (nSPS) is 10.2. The van der Waals surface area contributed by atoms with Gasteiger partial charge in [-0.1, -0.05) is 29.3 Å². The van der Waals surface area contributed by atoms with Crippen LogP contribution in [-0.4, -0.2) is 28.7 Å². The van der Waals surface area contributed by atoms with E-state index in [-0.39, 0.29) is 39.4 Å². The van der Waals surface area contributed by atoms with Crippen molar-refractivity contribution in [2.24, 2.45) is 0 Å². The van der Waals surface area contributed by atoms with Crippen LogP contribution in [0.5, 0.6) is 11.5 Å². The highest BCUT2D eigenvalue weighted by molar-refractivity contribution is 6.42. The van der Waals surface area contributed by atoms with Crippen molar-refractivity contribution >= 4 is 40.8 Å². The lowest BCUT2D eigenvalue weighted by Crippen LogP contribution is -2.21. The highest BCUT2D eigenvalue weighted by Gasteiger charge is 2.14. The van der Waals surface area contributed by atoms with Gasteiger partial charge < -0.3 is 20.3 Å². The Bertz CT molecular complexity index is 764. The number of carboxylic acids is 1. The number of carbonyl (C=O) groups is 2. The van der Waals surface area contributed by atoms with Crippen molar-refractivity contribution in [1.29, 1.82) is 0 Å². The van der Waals surface area contributed by atoms with E-state index in [9.17, 15) is 14.7 Å². The third-order valence-corrected chi connectivity index (χ3v) is 3.58. The Morgan fingerprint density at radius 3 is 2.61 bits per heavy atom. The van der Waals surface area contributed by atoms with Gasteiger partial charge in [-0.15, -0.1) is 0 Å². The zero-order chi connectivity index (χ0) is 17.0. The highest BCUT2D eigenvalue weighted by atomic mass is 35.5. The molecule has 2 aromatic carbocycles. The van der Waals surface area contributed by atoms with Crippen molar-refractivity contribution in [2.45, 2.75) is 0 Å². The lowest BCUT2D eigenvalue weighted by molar-refractivity contribution is -0.118. The van der Waals surface area contributed by atoms with Crippen molar-refractivity contribution in [3.63, 3.8) is 0 Å². The number of hydrogen-bond donors (Lipinski definition) is 3. The molecule has 8 heteroatoms. The van der Waals surface area contributed by atoms with E-state index in [4.69, 9.17) is 33.0 Å². The first-order valence-electron chi connectivity index (χ1n) is 6.31. The van der Waals surface area contributed by atoms with Gasteiger partial charge in [0.2, 0.25) is 0 Å². The second kappa shape index (κ2) is 7.21. The highest BCUT2D eigenvalue weighted by Crippen LogP contribution is 2.31. The molecule has 0 aliphatic carbocycles.